The van der Waals surface area contributed by atoms with E-state index in [2.05, 4.69) is 11.4 Å². The van der Waals surface area contributed by atoms with Crippen LogP contribution >= 0.6 is 11.6 Å². The normalized spacial score (nSPS) is 17.5. The predicted octanol–water partition coefficient (Wildman–Crippen LogP) is 2.98. The van der Waals surface area contributed by atoms with Gasteiger partial charge in [-0.25, -0.2) is 0 Å². The molecule has 0 aliphatic heterocycles. The number of carbonyl (C=O) groups excluding carboxylic acids is 1. The first-order valence-corrected chi connectivity index (χ1v) is 7.00. The Hall–Kier alpha value is -1.73. The highest BCUT2D eigenvalue weighted by Crippen LogP contribution is 2.31. The topological polar surface area (TPSA) is 62.1 Å². The Labute approximate surface area is 123 Å². The molecule has 0 aromatic heterocycles. The molecule has 0 saturated heterocycles. The maximum Gasteiger partial charge on any atom is 0.262 e. The van der Waals surface area contributed by atoms with E-state index < -0.39 is 11.6 Å². The maximum absolute atomic E-state index is 12.1. The van der Waals surface area contributed by atoms with Gasteiger partial charge in [0.15, 0.2) is 6.10 Å². The van der Waals surface area contributed by atoms with Crippen molar-refractivity contribution < 1.29 is 9.53 Å². The van der Waals surface area contributed by atoms with E-state index >= 15 is 0 Å². The highest BCUT2D eigenvalue weighted by Gasteiger charge is 2.39. The van der Waals surface area contributed by atoms with Crippen LogP contribution in [0.1, 0.15) is 31.7 Å². The van der Waals surface area contributed by atoms with E-state index in [9.17, 15) is 4.79 Å². The van der Waals surface area contributed by atoms with Crippen molar-refractivity contribution in [3.8, 4) is 11.8 Å². The Morgan fingerprint density at radius 1 is 1.55 bits per heavy atom. The summed E-state index contributed by atoms with van der Waals surface area (Å²) in [6.07, 6.45) is 1.74. The summed E-state index contributed by atoms with van der Waals surface area (Å²) in [5, 5.41) is 12.5. The van der Waals surface area contributed by atoms with Crippen LogP contribution in [-0.2, 0) is 4.79 Å². The molecule has 4 nitrogen and oxygen atoms in total. The first-order valence-electron chi connectivity index (χ1n) is 6.62. The first kappa shape index (κ1) is 14.7. The highest BCUT2D eigenvalue weighted by molar-refractivity contribution is 6.30. The number of halogens is 1. The Morgan fingerprint density at radius 3 is 2.75 bits per heavy atom. The van der Waals surface area contributed by atoms with Crippen LogP contribution in [0.2, 0.25) is 5.02 Å². The highest BCUT2D eigenvalue weighted by atomic mass is 35.5. The van der Waals surface area contributed by atoms with Gasteiger partial charge in [-0.3, -0.25) is 4.79 Å². The molecular weight excluding hydrogens is 276 g/mol. The standard InChI is InChI=1S/C15H17ClN2O2/c1-10-8-12(16)4-5-13(10)20-11(2)14(19)18-15(9-17)6-3-7-15/h4-5,8,11H,3,6-7H2,1-2H3,(H,18,19)/t11-/m0/s1. The summed E-state index contributed by atoms with van der Waals surface area (Å²) in [6, 6.07) is 7.42. The lowest BCUT2D eigenvalue weighted by atomic mass is 9.78. The van der Waals surface area contributed by atoms with Gasteiger partial charge >= 0.3 is 0 Å². The third kappa shape index (κ3) is 3.05. The summed E-state index contributed by atoms with van der Waals surface area (Å²) in [4.78, 5) is 12.1. The summed E-state index contributed by atoms with van der Waals surface area (Å²) >= 11 is 5.88. The Morgan fingerprint density at radius 2 is 2.25 bits per heavy atom. The van der Waals surface area contributed by atoms with Crippen LogP contribution < -0.4 is 10.1 Å². The predicted molar refractivity (Wildman–Crippen MR) is 76.6 cm³/mol. The number of nitrogens with zero attached hydrogens (tertiary/aromatic N) is 1. The average Bonchev–Trinajstić information content (AvgIpc) is 2.36. The molecule has 0 heterocycles. The van der Waals surface area contributed by atoms with Crippen LogP contribution in [-0.4, -0.2) is 17.6 Å². The van der Waals surface area contributed by atoms with E-state index in [1.165, 1.54) is 0 Å². The van der Waals surface area contributed by atoms with E-state index in [0.717, 1.165) is 12.0 Å². The van der Waals surface area contributed by atoms with Crippen LogP contribution in [0.5, 0.6) is 5.75 Å². The third-order valence-electron chi connectivity index (χ3n) is 3.59. The van der Waals surface area contributed by atoms with Crippen molar-refractivity contribution in [2.45, 2.75) is 44.8 Å². The van der Waals surface area contributed by atoms with Gasteiger partial charge in [0.2, 0.25) is 0 Å². The Bertz CT molecular complexity index is 561. The monoisotopic (exact) mass is 292 g/mol. The molecule has 1 fully saturated rings. The molecule has 5 heteroatoms. The molecule has 1 aromatic carbocycles. The van der Waals surface area contributed by atoms with E-state index in [-0.39, 0.29) is 5.91 Å². The molecule has 1 saturated carbocycles. The molecule has 20 heavy (non-hydrogen) atoms. The van der Waals surface area contributed by atoms with E-state index in [0.29, 0.717) is 23.6 Å². The molecule has 1 aromatic rings. The molecule has 0 spiro atoms. The summed E-state index contributed by atoms with van der Waals surface area (Å²) in [6.45, 7) is 3.54. The minimum atomic E-state index is -0.691. The number of carbonyl (C=O) groups is 1. The van der Waals surface area contributed by atoms with Gasteiger partial charge in [-0.15, -0.1) is 0 Å². The lowest BCUT2D eigenvalue weighted by Gasteiger charge is -2.36. The van der Waals surface area contributed by atoms with Gasteiger partial charge in [-0.1, -0.05) is 11.6 Å². The summed E-state index contributed by atoms with van der Waals surface area (Å²) in [7, 11) is 0. The van der Waals surface area contributed by atoms with Crippen LogP contribution in [0.25, 0.3) is 0 Å². The number of hydrogen-bond donors (Lipinski definition) is 1. The second-order valence-corrected chi connectivity index (χ2v) is 5.64. The first-order chi connectivity index (χ1) is 9.46. The lowest BCUT2D eigenvalue weighted by molar-refractivity contribution is -0.129. The minimum Gasteiger partial charge on any atom is -0.481 e. The zero-order valence-corrected chi connectivity index (χ0v) is 12.3. The zero-order valence-electron chi connectivity index (χ0n) is 11.6. The SMILES string of the molecule is Cc1cc(Cl)ccc1O[C@@H](C)C(=O)NC1(C#N)CCC1. The molecule has 1 atom stereocenters. The largest absolute Gasteiger partial charge is 0.481 e. The summed E-state index contributed by atoms with van der Waals surface area (Å²) < 4.78 is 5.64. The number of benzene rings is 1. The van der Waals surface area contributed by atoms with Crippen molar-refractivity contribution in [2.75, 3.05) is 0 Å². The van der Waals surface area contributed by atoms with Crippen molar-refractivity contribution in [3.63, 3.8) is 0 Å². The molecular formula is C15H17ClN2O2. The van der Waals surface area contributed by atoms with Gasteiger partial charge in [-0.2, -0.15) is 5.26 Å². The lowest BCUT2D eigenvalue weighted by Crippen LogP contribution is -2.55. The van der Waals surface area contributed by atoms with Crippen molar-refractivity contribution >= 4 is 17.5 Å². The van der Waals surface area contributed by atoms with Gasteiger partial charge in [0.25, 0.3) is 5.91 Å². The summed E-state index contributed by atoms with van der Waals surface area (Å²) in [5.74, 6) is 0.359. The molecule has 0 unspecified atom stereocenters. The fraction of sp³-hybridized carbons (Fsp3) is 0.467. The molecule has 0 bridgehead atoms. The Balaban J connectivity index is 1.99. The molecule has 0 radical (unpaired) electrons. The number of nitrogens with one attached hydrogen (secondary N) is 1. The molecule has 1 N–H and O–H groups in total. The van der Waals surface area contributed by atoms with Crippen molar-refractivity contribution in [3.05, 3.63) is 28.8 Å². The van der Waals surface area contributed by atoms with Crippen molar-refractivity contribution in [2.24, 2.45) is 0 Å². The van der Waals surface area contributed by atoms with Crippen LogP contribution in [0.4, 0.5) is 0 Å². The number of ether oxygens (including phenoxy) is 1. The fourth-order valence-corrected chi connectivity index (χ4v) is 2.35. The van der Waals surface area contributed by atoms with Gasteiger partial charge < -0.3 is 10.1 Å². The minimum absolute atomic E-state index is 0.263. The molecule has 1 aliphatic rings. The Kier molecular flexibility index (Phi) is 4.20. The molecule has 1 amide bonds. The van der Waals surface area contributed by atoms with Gasteiger partial charge in [0.05, 0.1) is 6.07 Å². The van der Waals surface area contributed by atoms with E-state index in [4.69, 9.17) is 21.6 Å². The second kappa shape index (κ2) is 5.72. The van der Waals surface area contributed by atoms with E-state index in [1.807, 2.05) is 6.92 Å². The number of nitriles is 1. The van der Waals surface area contributed by atoms with Crippen LogP contribution in [0.15, 0.2) is 18.2 Å². The van der Waals surface area contributed by atoms with Crippen molar-refractivity contribution in [1.82, 2.24) is 5.32 Å². The smallest absolute Gasteiger partial charge is 0.262 e. The summed E-state index contributed by atoms with van der Waals surface area (Å²) in [5.41, 5.74) is 0.180. The molecule has 106 valence electrons. The van der Waals surface area contributed by atoms with Gasteiger partial charge in [0.1, 0.15) is 11.3 Å². The van der Waals surface area contributed by atoms with Gasteiger partial charge in [-0.05, 0) is 56.9 Å². The quantitative estimate of drug-likeness (QED) is 0.928. The number of amides is 1. The second-order valence-electron chi connectivity index (χ2n) is 5.21. The zero-order chi connectivity index (χ0) is 14.8. The number of aryl methyl sites for hydroxylation is 1. The molecule has 2 rings (SSSR count). The average molecular weight is 293 g/mol. The van der Waals surface area contributed by atoms with Crippen LogP contribution in [0, 0.1) is 18.3 Å². The maximum atomic E-state index is 12.1. The number of rotatable bonds is 4. The fourth-order valence-electron chi connectivity index (χ4n) is 2.12. The van der Waals surface area contributed by atoms with Crippen LogP contribution in [0.3, 0.4) is 0 Å². The van der Waals surface area contributed by atoms with Gasteiger partial charge in [0, 0.05) is 5.02 Å². The third-order valence-corrected chi connectivity index (χ3v) is 3.83. The molecule has 1 aliphatic carbocycles. The van der Waals surface area contributed by atoms with E-state index in [1.54, 1.807) is 25.1 Å². The number of hydrogen-bond acceptors (Lipinski definition) is 3. The van der Waals surface area contributed by atoms with Crippen molar-refractivity contribution in [1.29, 1.82) is 5.26 Å².